The summed E-state index contributed by atoms with van der Waals surface area (Å²) < 4.78 is 1.87. The van der Waals surface area contributed by atoms with Crippen LogP contribution in [0.25, 0.3) is 0 Å². The van der Waals surface area contributed by atoms with Gasteiger partial charge in [0.1, 0.15) is 0 Å². The fourth-order valence-electron chi connectivity index (χ4n) is 1.15. The predicted molar refractivity (Wildman–Crippen MR) is 64.2 cm³/mol. The first kappa shape index (κ1) is 11.5. The van der Waals surface area contributed by atoms with Gasteiger partial charge in [0.15, 0.2) is 0 Å². The molecule has 0 unspecified atom stereocenters. The molecule has 0 N–H and O–H groups in total. The van der Waals surface area contributed by atoms with Gasteiger partial charge in [-0.3, -0.25) is 0 Å². The van der Waals surface area contributed by atoms with E-state index in [-0.39, 0.29) is 12.4 Å². The van der Waals surface area contributed by atoms with Crippen LogP contribution in [0.2, 0.25) is 0 Å². The Morgan fingerprint density at radius 3 is 2.60 bits per heavy atom. The minimum absolute atomic E-state index is 0. The van der Waals surface area contributed by atoms with E-state index >= 15 is 0 Å². The second kappa shape index (κ2) is 5.32. The van der Waals surface area contributed by atoms with Gasteiger partial charge in [0.25, 0.3) is 0 Å². The largest absolute Gasteiger partial charge is 0.319 e. The van der Waals surface area contributed by atoms with Gasteiger partial charge in [0.2, 0.25) is 5.95 Å². The Bertz CT molecular complexity index is 434. The summed E-state index contributed by atoms with van der Waals surface area (Å²) in [5.41, 5.74) is 1.08. The van der Waals surface area contributed by atoms with Crippen molar-refractivity contribution in [2.45, 2.75) is 0 Å². The molecule has 4 heteroatoms. The van der Waals surface area contributed by atoms with Gasteiger partial charge < -0.3 is 4.57 Å². The fraction of sp³-hybridized carbons (Fsp3) is 0.0909. The molecule has 78 valence electrons. The van der Waals surface area contributed by atoms with Gasteiger partial charge in [0.05, 0.1) is 0 Å². The monoisotopic (exact) mass is 221 g/mol. The van der Waals surface area contributed by atoms with Crippen LogP contribution in [0.15, 0.2) is 47.7 Å². The lowest BCUT2D eigenvalue weighted by molar-refractivity contribution is 0.912. The molecule has 0 aliphatic heterocycles. The number of hydrogen-bond acceptors (Lipinski definition) is 2. The number of aryl methyl sites for hydroxylation is 1. The second-order valence-electron chi connectivity index (χ2n) is 3.01. The van der Waals surface area contributed by atoms with Crippen molar-refractivity contribution in [2.24, 2.45) is 12.0 Å². The minimum atomic E-state index is 0. The summed E-state index contributed by atoms with van der Waals surface area (Å²) in [6, 6.07) is 9.97. The molecule has 15 heavy (non-hydrogen) atoms. The molecule has 0 spiro atoms. The van der Waals surface area contributed by atoms with Crippen LogP contribution in [0.4, 0.5) is 5.95 Å². The van der Waals surface area contributed by atoms with E-state index in [1.54, 1.807) is 6.20 Å². The second-order valence-corrected chi connectivity index (χ2v) is 3.01. The highest BCUT2D eigenvalue weighted by atomic mass is 35.5. The molecule has 3 nitrogen and oxygen atoms in total. The maximum Gasteiger partial charge on any atom is 0.229 e. The van der Waals surface area contributed by atoms with Crippen LogP contribution in [0.1, 0.15) is 5.56 Å². The van der Waals surface area contributed by atoms with Crippen LogP contribution in [-0.4, -0.2) is 15.8 Å². The lowest BCUT2D eigenvalue weighted by atomic mass is 10.2. The summed E-state index contributed by atoms with van der Waals surface area (Å²) in [7, 11) is 1.92. The lowest BCUT2D eigenvalue weighted by Crippen LogP contribution is -1.85. The Morgan fingerprint density at radius 1 is 1.27 bits per heavy atom. The summed E-state index contributed by atoms with van der Waals surface area (Å²) in [4.78, 5) is 8.36. The van der Waals surface area contributed by atoms with Crippen LogP contribution in [0.3, 0.4) is 0 Å². The van der Waals surface area contributed by atoms with Crippen molar-refractivity contribution in [2.75, 3.05) is 0 Å². The molecule has 0 radical (unpaired) electrons. The molecule has 0 atom stereocenters. The zero-order chi connectivity index (χ0) is 9.80. The molecular weight excluding hydrogens is 210 g/mol. The third-order valence-corrected chi connectivity index (χ3v) is 1.92. The molecule has 0 saturated heterocycles. The Morgan fingerprint density at radius 2 is 2.00 bits per heavy atom. The molecular formula is C11H12ClN3. The van der Waals surface area contributed by atoms with E-state index in [1.165, 1.54) is 0 Å². The number of nitrogens with zero attached hydrogens (tertiary/aromatic N) is 3. The molecule has 0 aliphatic rings. The SMILES string of the molecule is Cl.Cn1ccnc1/N=C/c1ccccc1. The standard InChI is InChI=1S/C11H11N3.ClH/c1-14-8-7-12-11(14)13-9-10-5-3-2-4-6-10;/h2-9H,1H3;1H/b13-9+;. The lowest BCUT2D eigenvalue weighted by Gasteiger charge is -1.93. The Kier molecular flexibility index (Phi) is 4.06. The summed E-state index contributed by atoms with van der Waals surface area (Å²) in [5, 5.41) is 0. The van der Waals surface area contributed by atoms with Gasteiger partial charge in [-0.1, -0.05) is 30.3 Å². The minimum Gasteiger partial charge on any atom is -0.319 e. The van der Waals surface area contributed by atoms with Crippen molar-refractivity contribution in [3.63, 3.8) is 0 Å². The Balaban J connectivity index is 0.00000112. The quantitative estimate of drug-likeness (QED) is 0.717. The molecule has 0 bridgehead atoms. The zero-order valence-electron chi connectivity index (χ0n) is 8.37. The van der Waals surface area contributed by atoms with Gasteiger partial charge in [-0.25, -0.2) is 9.98 Å². The maximum atomic E-state index is 4.26. The number of aromatic nitrogens is 2. The van der Waals surface area contributed by atoms with E-state index < -0.39 is 0 Å². The van der Waals surface area contributed by atoms with Crippen molar-refractivity contribution in [1.29, 1.82) is 0 Å². The van der Waals surface area contributed by atoms with Crippen molar-refractivity contribution in [3.8, 4) is 0 Å². The van der Waals surface area contributed by atoms with Crippen LogP contribution in [0, 0.1) is 0 Å². The smallest absolute Gasteiger partial charge is 0.229 e. The molecule has 0 aliphatic carbocycles. The fourth-order valence-corrected chi connectivity index (χ4v) is 1.15. The maximum absolute atomic E-state index is 4.26. The number of aliphatic imine (C=N–C) groups is 1. The summed E-state index contributed by atoms with van der Waals surface area (Å²) in [6.07, 6.45) is 5.41. The Labute approximate surface area is 94.9 Å². The third kappa shape index (κ3) is 2.92. The first-order chi connectivity index (χ1) is 6.86. The van der Waals surface area contributed by atoms with Gasteiger partial charge in [-0.05, 0) is 5.56 Å². The Hall–Kier alpha value is -1.61. The number of rotatable bonds is 2. The summed E-state index contributed by atoms with van der Waals surface area (Å²) in [6.45, 7) is 0. The number of benzene rings is 1. The summed E-state index contributed by atoms with van der Waals surface area (Å²) in [5.74, 6) is 0.717. The van der Waals surface area contributed by atoms with E-state index in [0.29, 0.717) is 5.95 Å². The third-order valence-electron chi connectivity index (χ3n) is 1.92. The van der Waals surface area contributed by atoms with Gasteiger partial charge >= 0.3 is 0 Å². The topological polar surface area (TPSA) is 30.2 Å². The molecule has 0 fully saturated rings. The van der Waals surface area contributed by atoms with Crippen LogP contribution >= 0.6 is 12.4 Å². The highest BCUT2D eigenvalue weighted by Gasteiger charge is 1.92. The van der Waals surface area contributed by atoms with Crippen LogP contribution < -0.4 is 0 Å². The molecule has 2 aromatic rings. The average molecular weight is 222 g/mol. The van der Waals surface area contributed by atoms with E-state index in [4.69, 9.17) is 0 Å². The van der Waals surface area contributed by atoms with Gasteiger partial charge in [-0.15, -0.1) is 12.4 Å². The van der Waals surface area contributed by atoms with E-state index in [9.17, 15) is 0 Å². The van der Waals surface area contributed by atoms with Crippen molar-refractivity contribution in [1.82, 2.24) is 9.55 Å². The molecule has 1 aromatic carbocycles. The summed E-state index contributed by atoms with van der Waals surface area (Å²) >= 11 is 0. The zero-order valence-corrected chi connectivity index (χ0v) is 9.19. The number of halogens is 1. The molecule has 0 saturated carbocycles. The van der Waals surface area contributed by atoms with Gasteiger partial charge in [0, 0.05) is 25.7 Å². The molecule has 0 amide bonds. The highest BCUT2D eigenvalue weighted by Crippen LogP contribution is 2.05. The molecule has 1 heterocycles. The molecule has 2 rings (SSSR count). The highest BCUT2D eigenvalue weighted by molar-refractivity contribution is 5.85. The number of hydrogen-bond donors (Lipinski definition) is 0. The first-order valence-electron chi connectivity index (χ1n) is 4.43. The number of imidazole rings is 1. The predicted octanol–water partition coefficient (Wildman–Crippen LogP) is 2.59. The van der Waals surface area contributed by atoms with E-state index in [2.05, 4.69) is 9.98 Å². The van der Waals surface area contributed by atoms with Crippen molar-refractivity contribution < 1.29 is 0 Å². The van der Waals surface area contributed by atoms with Crippen molar-refractivity contribution in [3.05, 3.63) is 48.3 Å². The first-order valence-corrected chi connectivity index (χ1v) is 4.43. The normalized spacial score (nSPS) is 10.2. The van der Waals surface area contributed by atoms with E-state index in [0.717, 1.165) is 5.56 Å². The van der Waals surface area contributed by atoms with Crippen molar-refractivity contribution >= 4 is 24.6 Å². The average Bonchev–Trinajstić information content (AvgIpc) is 2.63. The van der Waals surface area contributed by atoms with Gasteiger partial charge in [-0.2, -0.15) is 0 Å². The molecule has 1 aromatic heterocycles. The van der Waals surface area contributed by atoms with Crippen LogP contribution in [-0.2, 0) is 7.05 Å². The van der Waals surface area contributed by atoms with Crippen LogP contribution in [0.5, 0.6) is 0 Å². The van der Waals surface area contributed by atoms with E-state index in [1.807, 2.05) is 54.4 Å².